The first kappa shape index (κ1) is 10.6. The lowest BCUT2D eigenvalue weighted by Gasteiger charge is -2.14. The second-order valence-electron chi connectivity index (χ2n) is 1.57. The fraction of sp³-hybridized carbons (Fsp3) is 0.750. The summed E-state index contributed by atoms with van der Waals surface area (Å²) in [7, 11) is 0. The second-order valence-corrected chi connectivity index (χ2v) is 1.57. The predicted molar refractivity (Wildman–Crippen MR) is 23.5 cm³/mol. The van der Waals surface area contributed by atoms with Gasteiger partial charge in [-0.1, -0.05) is 0 Å². The first-order chi connectivity index (χ1) is 4.77. The van der Waals surface area contributed by atoms with Gasteiger partial charge in [-0.25, -0.2) is 0 Å². The Morgan fingerprint density at radius 3 is 1.91 bits per heavy atom. The largest absolute Gasteiger partial charge is 0.417 e. The topological polar surface area (TPSA) is 29.5 Å². The quantitative estimate of drug-likeness (QED) is 0.662. The number of hydrogen-bond acceptors (Lipinski definition) is 2. The molecule has 0 rings (SSSR count). The van der Waals surface area contributed by atoms with Crippen LogP contribution in [0.2, 0.25) is 0 Å². The van der Waals surface area contributed by atoms with Crippen LogP contribution in [0.4, 0.5) is 22.0 Å². The summed E-state index contributed by atoms with van der Waals surface area (Å²) in [5.41, 5.74) is 0. The first-order valence-electron chi connectivity index (χ1n) is 2.34. The Labute approximate surface area is 58.6 Å². The standard InChI is InChI=1S/C4H4F5O2/c5-3(6,7)2-11-4(8,9)1-10/h2,10H,1H2. The fourth-order valence-electron chi connectivity index (χ4n) is 0.190. The van der Waals surface area contributed by atoms with Gasteiger partial charge in [-0.2, -0.15) is 22.0 Å². The molecule has 7 heteroatoms. The molecule has 2 nitrogen and oxygen atoms in total. The number of halogens is 5. The molecule has 0 unspecified atom stereocenters. The Morgan fingerprint density at radius 2 is 1.64 bits per heavy atom. The molecule has 0 saturated carbocycles. The SMILES string of the molecule is OCC(F)(F)O[CH]C(F)(F)F. The molecule has 0 aliphatic rings. The number of ether oxygens (including phenoxy) is 1. The molecule has 11 heavy (non-hydrogen) atoms. The van der Waals surface area contributed by atoms with Gasteiger partial charge in [-0.05, 0) is 0 Å². The van der Waals surface area contributed by atoms with Crippen molar-refractivity contribution in [1.82, 2.24) is 0 Å². The van der Waals surface area contributed by atoms with Gasteiger partial charge in [0.1, 0.15) is 6.61 Å². The van der Waals surface area contributed by atoms with E-state index in [1.54, 1.807) is 0 Å². The summed E-state index contributed by atoms with van der Waals surface area (Å²) in [6, 6.07) is 0. The molecular formula is C4H4F5O2. The Kier molecular flexibility index (Phi) is 3.18. The van der Waals surface area contributed by atoms with E-state index in [0.717, 1.165) is 0 Å². The van der Waals surface area contributed by atoms with Crippen molar-refractivity contribution in [2.45, 2.75) is 12.3 Å². The summed E-state index contributed by atoms with van der Waals surface area (Å²) in [6.45, 7) is -2.77. The number of alkyl halides is 5. The minimum absolute atomic E-state index is 0.983. The number of hydrogen-bond donors (Lipinski definition) is 1. The van der Waals surface area contributed by atoms with E-state index in [1.165, 1.54) is 0 Å². The summed E-state index contributed by atoms with van der Waals surface area (Å²) in [5, 5.41) is 7.73. The number of aliphatic hydroxyl groups is 1. The van der Waals surface area contributed by atoms with Gasteiger partial charge in [0.05, 0.1) is 0 Å². The molecule has 1 N–H and O–H groups in total. The summed E-state index contributed by atoms with van der Waals surface area (Å²) in [6.07, 6.45) is -9.10. The predicted octanol–water partition coefficient (Wildman–Crippen LogP) is 1.31. The third-order valence-corrected chi connectivity index (χ3v) is 0.549. The van der Waals surface area contributed by atoms with Crippen molar-refractivity contribution in [3.8, 4) is 0 Å². The highest BCUT2D eigenvalue weighted by Crippen LogP contribution is 2.24. The molecule has 0 fully saturated rings. The minimum Gasteiger partial charge on any atom is -0.387 e. The molecule has 0 aliphatic carbocycles. The van der Waals surface area contributed by atoms with Gasteiger partial charge in [-0.3, -0.25) is 0 Å². The third kappa shape index (κ3) is 5.99. The van der Waals surface area contributed by atoms with Crippen molar-refractivity contribution in [2.75, 3.05) is 6.61 Å². The van der Waals surface area contributed by atoms with Crippen molar-refractivity contribution in [1.29, 1.82) is 0 Å². The molecule has 0 heterocycles. The Morgan fingerprint density at radius 1 is 1.18 bits per heavy atom. The highest BCUT2D eigenvalue weighted by Gasteiger charge is 2.37. The zero-order valence-electron chi connectivity index (χ0n) is 5.03. The van der Waals surface area contributed by atoms with Gasteiger partial charge in [0.2, 0.25) is 0 Å². The summed E-state index contributed by atoms with van der Waals surface area (Å²) < 4.78 is 59.6. The minimum atomic E-state index is -4.93. The van der Waals surface area contributed by atoms with Crippen molar-refractivity contribution in [2.24, 2.45) is 0 Å². The van der Waals surface area contributed by atoms with E-state index in [2.05, 4.69) is 4.74 Å². The van der Waals surface area contributed by atoms with Crippen molar-refractivity contribution < 1.29 is 31.8 Å². The second kappa shape index (κ2) is 3.31. The fourth-order valence-corrected chi connectivity index (χ4v) is 0.190. The van der Waals surface area contributed by atoms with Gasteiger partial charge in [-0.15, -0.1) is 0 Å². The molecule has 0 atom stereocenters. The van der Waals surface area contributed by atoms with Crippen LogP contribution in [0.3, 0.4) is 0 Å². The van der Waals surface area contributed by atoms with Gasteiger partial charge in [0.25, 0.3) is 0 Å². The zero-order valence-corrected chi connectivity index (χ0v) is 5.03. The van der Waals surface area contributed by atoms with Crippen LogP contribution in [0.1, 0.15) is 0 Å². The van der Waals surface area contributed by atoms with E-state index in [0.29, 0.717) is 0 Å². The monoisotopic (exact) mass is 179 g/mol. The molecule has 0 aromatic carbocycles. The van der Waals surface area contributed by atoms with Crippen LogP contribution in [0.5, 0.6) is 0 Å². The van der Waals surface area contributed by atoms with Crippen molar-refractivity contribution in [3.63, 3.8) is 0 Å². The van der Waals surface area contributed by atoms with Gasteiger partial charge < -0.3 is 9.84 Å². The lowest BCUT2D eigenvalue weighted by Crippen LogP contribution is -2.27. The zero-order chi connectivity index (χ0) is 9.12. The van der Waals surface area contributed by atoms with Gasteiger partial charge in [0, 0.05) is 0 Å². The molecule has 1 radical (unpaired) electrons. The molecule has 0 bridgehead atoms. The van der Waals surface area contributed by atoms with Crippen LogP contribution in [0.25, 0.3) is 0 Å². The van der Waals surface area contributed by atoms with E-state index in [-0.39, 0.29) is 0 Å². The molecule has 0 saturated heterocycles. The number of rotatable bonds is 3. The average Bonchev–Trinajstić information content (AvgIpc) is 1.83. The Hall–Kier alpha value is -0.430. The van der Waals surface area contributed by atoms with Crippen LogP contribution >= 0.6 is 0 Å². The molecule has 0 spiro atoms. The normalized spacial score (nSPS) is 13.6. The summed E-state index contributed by atoms with van der Waals surface area (Å²) >= 11 is 0. The molecule has 0 aliphatic heterocycles. The maximum Gasteiger partial charge on any atom is 0.417 e. The molecule has 0 aromatic rings. The van der Waals surface area contributed by atoms with Gasteiger partial charge in [0.15, 0.2) is 6.61 Å². The van der Waals surface area contributed by atoms with Gasteiger partial charge >= 0.3 is 12.3 Å². The Bertz CT molecular complexity index is 120. The van der Waals surface area contributed by atoms with Crippen LogP contribution < -0.4 is 0 Å². The van der Waals surface area contributed by atoms with Crippen LogP contribution in [-0.4, -0.2) is 24.0 Å². The highest BCUT2D eigenvalue weighted by atomic mass is 19.4. The maximum absolute atomic E-state index is 11.7. The molecular weight excluding hydrogens is 175 g/mol. The summed E-state index contributed by atoms with van der Waals surface area (Å²) in [4.78, 5) is 0. The van der Waals surface area contributed by atoms with E-state index < -0.39 is 25.5 Å². The maximum atomic E-state index is 11.7. The lowest BCUT2D eigenvalue weighted by atomic mass is 10.6. The van der Waals surface area contributed by atoms with E-state index in [9.17, 15) is 22.0 Å². The first-order valence-corrected chi connectivity index (χ1v) is 2.34. The smallest absolute Gasteiger partial charge is 0.387 e. The molecule has 0 amide bonds. The average molecular weight is 179 g/mol. The van der Waals surface area contributed by atoms with E-state index >= 15 is 0 Å². The van der Waals surface area contributed by atoms with Crippen LogP contribution in [0, 0.1) is 6.61 Å². The lowest BCUT2D eigenvalue weighted by molar-refractivity contribution is -0.271. The summed E-state index contributed by atoms with van der Waals surface area (Å²) in [5.74, 6) is 0. The Balaban J connectivity index is 3.70. The highest BCUT2D eigenvalue weighted by molar-refractivity contribution is 4.65. The number of aliphatic hydroxyl groups excluding tert-OH is 1. The van der Waals surface area contributed by atoms with Crippen molar-refractivity contribution >= 4 is 0 Å². The third-order valence-electron chi connectivity index (χ3n) is 0.549. The molecule has 67 valence electrons. The van der Waals surface area contributed by atoms with E-state index in [4.69, 9.17) is 5.11 Å². The van der Waals surface area contributed by atoms with E-state index in [1.807, 2.05) is 0 Å². The van der Waals surface area contributed by atoms with Crippen LogP contribution in [-0.2, 0) is 4.74 Å². The van der Waals surface area contributed by atoms with Crippen LogP contribution in [0.15, 0.2) is 0 Å². The van der Waals surface area contributed by atoms with Crippen molar-refractivity contribution in [3.05, 3.63) is 6.61 Å². The molecule has 0 aromatic heterocycles.